The molecular formula is C24H30N2O3. The Kier molecular flexibility index (Phi) is 6.26. The number of carbonyl (C=O) groups excluding carboxylic acids is 2. The molecule has 1 fully saturated rings. The maximum Gasteiger partial charge on any atom is 0.410 e. The molecule has 0 aromatic heterocycles. The number of rotatable bonds is 4. The average Bonchev–Trinajstić information content (AvgIpc) is 2.68. The Labute approximate surface area is 172 Å². The van der Waals surface area contributed by atoms with Gasteiger partial charge in [-0.15, -0.1) is 0 Å². The van der Waals surface area contributed by atoms with Crippen LogP contribution in [0.25, 0.3) is 11.1 Å². The smallest absolute Gasteiger partial charge is 0.410 e. The van der Waals surface area contributed by atoms with Crippen LogP contribution >= 0.6 is 0 Å². The van der Waals surface area contributed by atoms with E-state index >= 15 is 0 Å². The molecule has 1 atom stereocenters. The summed E-state index contributed by atoms with van der Waals surface area (Å²) in [4.78, 5) is 26.3. The van der Waals surface area contributed by atoms with Crippen molar-refractivity contribution < 1.29 is 14.3 Å². The summed E-state index contributed by atoms with van der Waals surface area (Å²) in [7, 11) is 0. The molecule has 0 bridgehead atoms. The molecule has 1 saturated heterocycles. The van der Waals surface area contributed by atoms with Gasteiger partial charge in [0, 0.05) is 13.1 Å². The topological polar surface area (TPSA) is 72.6 Å². The molecule has 0 saturated carbocycles. The number of ether oxygens (including phenoxy) is 1. The molecule has 0 radical (unpaired) electrons. The van der Waals surface area contributed by atoms with E-state index in [-0.39, 0.29) is 23.8 Å². The van der Waals surface area contributed by atoms with Crippen LogP contribution in [0.15, 0.2) is 54.6 Å². The number of nitrogens with two attached hydrogens (primary N) is 1. The van der Waals surface area contributed by atoms with Gasteiger partial charge in [-0.05, 0) is 56.2 Å². The summed E-state index contributed by atoms with van der Waals surface area (Å²) in [5, 5.41) is 0. The SMILES string of the molecule is CC(C)(C)OC(=O)N1CCC(C(C(N)=O)c2ccc(-c3ccccc3)cc2)CC1. The number of piperidine rings is 1. The van der Waals surface area contributed by atoms with Gasteiger partial charge >= 0.3 is 6.09 Å². The predicted molar refractivity (Wildman–Crippen MR) is 114 cm³/mol. The summed E-state index contributed by atoms with van der Waals surface area (Å²) in [5.74, 6) is -0.539. The standard InChI is InChI=1S/C24H30N2O3/c1-24(2,3)29-23(28)26-15-13-20(14-16-26)21(22(25)27)19-11-9-18(10-12-19)17-7-5-4-6-8-17/h4-12,20-21H,13-16H2,1-3H3,(H2,25,27). The first kappa shape index (κ1) is 20.9. The van der Waals surface area contributed by atoms with Crippen LogP contribution in [0.1, 0.15) is 45.1 Å². The van der Waals surface area contributed by atoms with Crippen LogP contribution in [0.3, 0.4) is 0 Å². The third-order valence-corrected chi connectivity index (χ3v) is 5.35. The Hall–Kier alpha value is -2.82. The molecule has 5 heteroatoms. The fraction of sp³-hybridized carbons (Fsp3) is 0.417. The quantitative estimate of drug-likeness (QED) is 0.826. The number of hydrogen-bond acceptors (Lipinski definition) is 3. The van der Waals surface area contributed by atoms with Crippen molar-refractivity contribution in [3.05, 3.63) is 60.2 Å². The Balaban J connectivity index is 1.68. The van der Waals surface area contributed by atoms with E-state index in [9.17, 15) is 9.59 Å². The summed E-state index contributed by atoms with van der Waals surface area (Å²) in [6, 6.07) is 18.2. The third-order valence-electron chi connectivity index (χ3n) is 5.35. The lowest BCUT2D eigenvalue weighted by Gasteiger charge is -2.36. The van der Waals surface area contributed by atoms with Crippen LogP contribution in [0.5, 0.6) is 0 Å². The van der Waals surface area contributed by atoms with Crippen molar-refractivity contribution in [1.29, 1.82) is 0 Å². The van der Waals surface area contributed by atoms with E-state index in [1.54, 1.807) is 4.90 Å². The van der Waals surface area contributed by atoms with Crippen molar-refractivity contribution in [3.63, 3.8) is 0 Å². The molecule has 1 heterocycles. The zero-order valence-corrected chi connectivity index (χ0v) is 17.4. The van der Waals surface area contributed by atoms with Crippen LogP contribution in [0.2, 0.25) is 0 Å². The van der Waals surface area contributed by atoms with E-state index in [0.29, 0.717) is 13.1 Å². The van der Waals surface area contributed by atoms with E-state index < -0.39 is 5.60 Å². The monoisotopic (exact) mass is 394 g/mol. The number of likely N-dealkylation sites (tertiary alicyclic amines) is 1. The lowest BCUT2D eigenvalue weighted by molar-refractivity contribution is -0.121. The van der Waals surface area contributed by atoms with Crippen molar-refractivity contribution in [1.82, 2.24) is 4.90 Å². The maximum absolute atomic E-state index is 12.3. The van der Waals surface area contributed by atoms with Gasteiger partial charge in [-0.1, -0.05) is 54.6 Å². The third kappa shape index (κ3) is 5.37. The summed E-state index contributed by atoms with van der Waals surface area (Å²) >= 11 is 0. The van der Waals surface area contributed by atoms with Gasteiger partial charge in [-0.2, -0.15) is 0 Å². The molecule has 0 spiro atoms. The second kappa shape index (κ2) is 8.68. The molecule has 1 aliphatic rings. The fourth-order valence-electron chi connectivity index (χ4n) is 3.92. The highest BCUT2D eigenvalue weighted by molar-refractivity contribution is 5.82. The summed E-state index contributed by atoms with van der Waals surface area (Å²) in [5.41, 5.74) is 8.46. The maximum atomic E-state index is 12.3. The molecule has 5 nitrogen and oxygen atoms in total. The molecule has 1 unspecified atom stereocenters. The first-order valence-electron chi connectivity index (χ1n) is 10.2. The number of nitrogens with zero attached hydrogens (tertiary/aromatic N) is 1. The minimum atomic E-state index is -0.510. The predicted octanol–water partition coefficient (Wildman–Crippen LogP) is 4.57. The van der Waals surface area contributed by atoms with Crippen LogP contribution in [-0.4, -0.2) is 35.6 Å². The number of benzene rings is 2. The van der Waals surface area contributed by atoms with Crippen molar-refractivity contribution in [2.24, 2.45) is 11.7 Å². The number of carbonyl (C=O) groups is 2. The molecule has 0 aliphatic carbocycles. The minimum absolute atomic E-state index is 0.119. The Morgan fingerprint density at radius 3 is 2.03 bits per heavy atom. The van der Waals surface area contributed by atoms with Gasteiger partial charge in [0.25, 0.3) is 0 Å². The normalized spacial score (nSPS) is 16.3. The van der Waals surface area contributed by atoms with Gasteiger partial charge in [-0.25, -0.2) is 4.79 Å². The fourth-order valence-corrected chi connectivity index (χ4v) is 3.92. The van der Waals surface area contributed by atoms with Crippen molar-refractivity contribution in [3.8, 4) is 11.1 Å². The zero-order chi connectivity index (χ0) is 21.0. The molecule has 3 rings (SSSR count). The summed E-state index contributed by atoms with van der Waals surface area (Å²) in [6.45, 7) is 6.73. The lowest BCUT2D eigenvalue weighted by Crippen LogP contribution is -2.43. The van der Waals surface area contributed by atoms with Crippen LogP contribution < -0.4 is 5.73 Å². The van der Waals surface area contributed by atoms with Crippen LogP contribution in [0, 0.1) is 5.92 Å². The molecule has 1 aliphatic heterocycles. The highest BCUT2D eigenvalue weighted by Crippen LogP contribution is 2.34. The second-order valence-corrected chi connectivity index (χ2v) is 8.67. The zero-order valence-electron chi connectivity index (χ0n) is 17.4. The molecular weight excluding hydrogens is 364 g/mol. The van der Waals surface area contributed by atoms with Gasteiger partial charge < -0.3 is 15.4 Å². The van der Waals surface area contributed by atoms with E-state index in [4.69, 9.17) is 10.5 Å². The minimum Gasteiger partial charge on any atom is -0.444 e. The van der Waals surface area contributed by atoms with Gasteiger partial charge in [0.15, 0.2) is 0 Å². The molecule has 2 aromatic rings. The number of primary amides is 1. The molecule has 2 amide bonds. The molecule has 2 aromatic carbocycles. The molecule has 29 heavy (non-hydrogen) atoms. The lowest BCUT2D eigenvalue weighted by atomic mass is 9.79. The van der Waals surface area contributed by atoms with Crippen molar-refractivity contribution in [2.75, 3.05) is 13.1 Å². The molecule has 154 valence electrons. The Morgan fingerprint density at radius 1 is 0.966 bits per heavy atom. The summed E-state index contributed by atoms with van der Waals surface area (Å²) in [6.07, 6.45) is 1.17. The van der Waals surface area contributed by atoms with E-state index in [1.165, 1.54) is 0 Å². The van der Waals surface area contributed by atoms with E-state index in [2.05, 4.69) is 12.1 Å². The number of amides is 2. The Bertz CT molecular complexity index is 833. The van der Waals surface area contributed by atoms with Gasteiger partial charge in [-0.3, -0.25) is 4.79 Å². The van der Waals surface area contributed by atoms with Gasteiger partial charge in [0.05, 0.1) is 5.92 Å². The van der Waals surface area contributed by atoms with Gasteiger partial charge in [0.2, 0.25) is 5.91 Å². The highest BCUT2D eigenvalue weighted by atomic mass is 16.6. The number of hydrogen-bond donors (Lipinski definition) is 1. The van der Waals surface area contributed by atoms with Crippen LogP contribution in [-0.2, 0) is 9.53 Å². The highest BCUT2D eigenvalue weighted by Gasteiger charge is 2.33. The van der Waals surface area contributed by atoms with Crippen LogP contribution in [0.4, 0.5) is 4.79 Å². The average molecular weight is 395 g/mol. The van der Waals surface area contributed by atoms with Crippen molar-refractivity contribution >= 4 is 12.0 Å². The van der Waals surface area contributed by atoms with E-state index in [0.717, 1.165) is 29.5 Å². The summed E-state index contributed by atoms with van der Waals surface area (Å²) < 4.78 is 5.46. The molecule has 2 N–H and O–H groups in total. The second-order valence-electron chi connectivity index (χ2n) is 8.67. The van der Waals surface area contributed by atoms with E-state index in [1.807, 2.05) is 63.2 Å². The largest absolute Gasteiger partial charge is 0.444 e. The van der Waals surface area contributed by atoms with Gasteiger partial charge in [0.1, 0.15) is 5.60 Å². The first-order chi connectivity index (χ1) is 13.7. The first-order valence-corrected chi connectivity index (χ1v) is 10.2. The Morgan fingerprint density at radius 2 is 1.52 bits per heavy atom. The van der Waals surface area contributed by atoms with Crippen molar-refractivity contribution in [2.45, 2.75) is 45.1 Å².